The molecule has 0 fully saturated rings. The Morgan fingerprint density at radius 3 is 2.47 bits per heavy atom. The van der Waals surface area contributed by atoms with Gasteiger partial charge in [0.25, 0.3) is 0 Å². The number of amides is 1. The van der Waals surface area contributed by atoms with Crippen LogP contribution in [0.4, 0.5) is 33.3 Å². The van der Waals surface area contributed by atoms with Crippen LogP contribution in [0, 0.1) is 17.0 Å². The van der Waals surface area contributed by atoms with E-state index in [9.17, 15) is 26.7 Å². The van der Waals surface area contributed by atoms with Gasteiger partial charge in [0.15, 0.2) is 5.76 Å². The number of nitrogens with one attached hydrogen (secondary N) is 3. The average molecular weight is 471 g/mol. The molecule has 0 saturated carbocycles. The second-order valence-electron chi connectivity index (χ2n) is 6.16. The summed E-state index contributed by atoms with van der Waals surface area (Å²) in [7, 11) is 0. The molecule has 0 radical (unpaired) electrons. The molecule has 0 aliphatic carbocycles. The zero-order chi connectivity index (χ0) is 23.5. The van der Waals surface area contributed by atoms with E-state index in [0.717, 1.165) is 18.2 Å². The van der Waals surface area contributed by atoms with E-state index in [-0.39, 0.29) is 28.4 Å². The van der Waals surface area contributed by atoms with E-state index in [1.54, 1.807) is 0 Å². The lowest BCUT2D eigenvalue weighted by atomic mass is 10.0. The van der Waals surface area contributed by atoms with E-state index in [1.165, 1.54) is 24.3 Å². The average Bonchev–Trinajstić information content (AvgIpc) is 3.11. The molecule has 12 heteroatoms. The maximum Gasteiger partial charge on any atom is 0.432 e. The molecule has 0 atom stereocenters. The lowest BCUT2D eigenvalue weighted by Gasteiger charge is -2.17. The molecule has 1 heterocycles. The van der Waals surface area contributed by atoms with Crippen molar-refractivity contribution in [1.82, 2.24) is 5.16 Å². The van der Waals surface area contributed by atoms with Crippen molar-refractivity contribution in [2.75, 3.05) is 10.6 Å². The molecule has 166 valence electrons. The van der Waals surface area contributed by atoms with E-state index in [0.29, 0.717) is 6.21 Å². The number of halogens is 6. The summed E-state index contributed by atoms with van der Waals surface area (Å²) in [4.78, 5) is 11.1. The van der Waals surface area contributed by atoms with Crippen molar-refractivity contribution in [2.45, 2.75) is 6.18 Å². The Kier molecular flexibility index (Phi) is 6.58. The number of hydrogen-bond donors (Lipinski definition) is 3. The van der Waals surface area contributed by atoms with Crippen molar-refractivity contribution in [2.24, 2.45) is 0 Å². The number of anilines is 2. The van der Waals surface area contributed by atoms with E-state index in [2.05, 4.69) is 10.5 Å². The van der Waals surface area contributed by atoms with E-state index in [4.69, 9.17) is 21.5 Å². The van der Waals surface area contributed by atoms with Crippen molar-refractivity contribution in [3.63, 3.8) is 0 Å². The summed E-state index contributed by atoms with van der Waals surface area (Å²) in [6.07, 6.45) is -4.65. The summed E-state index contributed by atoms with van der Waals surface area (Å²) < 4.78 is 74.3. The van der Waals surface area contributed by atoms with E-state index < -0.39 is 40.5 Å². The maximum absolute atomic E-state index is 14.4. The lowest BCUT2D eigenvalue weighted by Crippen LogP contribution is -2.22. The Balaban J connectivity index is 2.26. The van der Waals surface area contributed by atoms with Crippen molar-refractivity contribution < 1.29 is 31.3 Å². The molecule has 0 unspecified atom stereocenters. The van der Waals surface area contributed by atoms with Crippen LogP contribution >= 0.6 is 11.6 Å². The normalized spacial score (nSPS) is 12.2. The summed E-state index contributed by atoms with van der Waals surface area (Å²) in [6.45, 7) is 0. The fourth-order valence-corrected chi connectivity index (χ4v) is 3.07. The number of aromatic nitrogens is 1. The number of benzene rings is 2. The van der Waals surface area contributed by atoms with Crippen molar-refractivity contribution in [1.29, 1.82) is 5.41 Å². The molecule has 0 spiro atoms. The summed E-state index contributed by atoms with van der Waals surface area (Å²) in [6, 6.07) is 7.82. The SMILES string of the molecule is N=C/C(=C(\Nc1cccc(F)c1)C(F)(F)F)c1onc(-c2c(F)cccc2Cl)c1NC=O. The summed E-state index contributed by atoms with van der Waals surface area (Å²) in [5.41, 5.74) is -3.83. The maximum atomic E-state index is 14.4. The third-order valence-corrected chi connectivity index (χ3v) is 4.45. The molecular formula is C20H12ClF5N4O2. The van der Waals surface area contributed by atoms with Gasteiger partial charge in [-0.1, -0.05) is 28.9 Å². The largest absolute Gasteiger partial charge is 0.432 e. The Hall–Kier alpha value is -3.73. The van der Waals surface area contributed by atoms with E-state index in [1.807, 2.05) is 5.32 Å². The van der Waals surface area contributed by atoms with Crippen LogP contribution in [0.15, 0.2) is 52.7 Å². The molecule has 0 saturated heterocycles. The Bertz CT molecular complexity index is 1190. The van der Waals surface area contributed by atoms with Gasteiger partial charge in [0, 0.05) is 11.9 Å². The van der Waals surface area contributed by atoms with Crippen LogP contribution < -0.4 is 10.6 Å². The molecule has 1 aromatic heterocycles. The first-order valence-electron chi connectivity index (χ1n) is 8.66. The molecular weight excluding hydrogens is 459 g/mol. The van der Waals surface area contributed by atoms with Crippen LogP contribution in [0.2, 0.25) is 5.02 Å². The Labute approximate surface area is 182 Å². The van der Waals surface area contributed by atoms with Crippen LogP contribution in [-0.4, -0.2) is 24.0 Å². The number of rotatable bonds is 7. The first-order chi connectivity index (χ1) is 15.2. The van der Waals surface area contributed by atoms with Gasteiger partial charge in [-0.05, 0) is 30.3 Å². The number of nitrogens with zero attached hydrogens (tertiary/aromatic N) is 1. The molecule has 0 aliphatic rings. The smallest absolute Gasteiger partial charge is 0.353 e. The second kappa shape index (κ2) is 9.18. The monoisotopic (exact) mass is 470 g/mol. The van der Waals surface area contributed by atoms with Gasteiger partial charge in [-0.3, -0.25) is 4.79 Å². The van der Waals surface area contributed by atoms with Gasteiger partial charge in [0.05, 0.1) is 16.2 Å². The second-order valence-corrected chi connectivity index (χ2v) is 6.57. The van der Waals surface area contributed by atoms with Gasteiger partial charge >= 0.3 is 6.18 Å². The van der Waals surface area contributed by atoms with Crippen LogP contribution in [-0.2, 0) is 4.79 Å². The zero-order valence-corrected chi connectivity index (χ0v) is 16.5. The molecule has 32 heavy (non-hydrogen) atoms. The third kappa shape index (κ3) is 4.62. The molecule has 0 bridgehead atoms. The van der Waals surface area contributed by atoms with Crippen molar-refractivity contribution in [3.05, 3.63) is 70.6 Å². The van der Waals surface area contributed by atoms with Crippen LogP contribution in [0.25, 0.3) is 16.8 Å². The fourth-order valence-electron chi connectivity index (χ4n) is 2.81. The Morgan fingerprint density at radius 1 is 1.16 bits per heavy atom. The van der Waals surface area contributed by atoms with E-state index >= 15 is 0 Å². The minimum Gasteiger partial charge on any atom is -0.353 e. The number of carbonyl (C=O) groups excluding carboxylic acids is 1. The molecule has 0 aliphatic heterocycles. The van der Waals surface area contributed by atoms with Gasteiger partial charge in [-0.15, -0.1) is 0 Å². The molecule has 1 amide bonds. The fraction of sp³-hybridized carbons (Fsp3) is 0.0500. The van der Waals surface area contributed by atoms with Crippen LogP contribution in [0.3, 0.4) is 0 Å². The predicted molar refractivity (Wildman–Crippen MR) is 108 cm³/mol. The van der Waals surface area contributed by atoms with Gasteiger partial charge in [-0.2, -0.15) is 13.2 Å². The van der Waals surface area contributed by atoms with Gasteiger partial charge in [0.1, 0.15) is 28.7 Å². The number of allylic oxidation sites excluding steroid dienone is 2. The number of carbonyl (C=O) groups is 1. The third-order valence-electron chi connectivity index (χ3n) is 4.13. The summed E-state index contributed by atoms with van der Waals surface area (Å²) in [5, 5.41) is 15.1. The first-order valence-corrected chi connectivity index (χ1v) is 9.04. The highest BCUT2D eigenvalue weighted by Crippen LogP contribution is 2.41. The van der Waals surface area contributed by atoms with Crippen molar-refractivity contribution in [3.8, 4) is 11.3 Å². The van der Waals surface area contributed by atoms with Crippen LogP contribution in [0.1, 0.15) is 5.76 Å². The summed E-state index contributed by atoms with van der Waals surface area (Å²) in [5.74, 6) is -2.37. The summed E-state index contributed by atoms with van der Waals surface area (Å²) >= 11 is 5.99. The zero-order valence-electron chi connectivity index (χ0n) is 15.7. The minimum absolute atomic E-state index is 0.114. The molecule has 2 aromatic carbocycles. The minimum atomic E-state index is -5.07. The lowest BCUT2D eigenvalue weighted by molar-refractivity contribution is -0.105. The van der Waals surface area contributed by atoms with Gasteiger partial charge < -0.3 is 20.6 Å². The Morgan fingerprint density at radius 2 is 1.88 bits per heavy atom. The molecule has 6 nitrogen and oxygen atoms in total. The number of hydrogen-bond acceptors (Lipinski definition) is 5. The highest BCUT2D eigenvalue weighted by Gasteiger charge is 2.39. The van der Waals surface area contributed by atoms with Crippen LogP contribution in [0.5, 0.6) is 0 Å². The van der Waals surface area contributed by atoms with Gasteiger partial charge in [-0.25, -0.2) is 8.78 Å². The van der Waals surface area contributed by atoms with Gasteiger partial charge in [0.2, 0.25) is 6.41 Å². The predicted octanol–water partition coefficient (Wildman–Crippen LogP) is 5.88. The highest BCUT2D eigenvalue weighted by molar-refractivity contribution is 6.33. The molecule has 3 aromatic rings. The molecule has 3 rings (SSSR count). The standard InChI is InChI=1S/C20H12ClF5N4O2/c21-13-5-2-6-14(23)15(13)16-17(28-9-31)18(32-30-16)12(8-27)19(20(24,25)26)29-11-4-1-3-10(22)7-11/h1-9,27,29H,(H,28,31)/b19-12+,27-8?. The quantitative estimate of drug-likeness (QED) is 0.228. The first kappa shape index (κ1) is 22.9. The van der Waals surface area contributed by atoms with Crippen molar-refractivity contribution >= 4 is 41.2 Å². The highest BCUT2D eigenvalue weighted by atomic mass is 35.5. The number of alkyl halides is 3. The molecule has 3 N–H and O–H groups in total. The topological polar surface area (TPSA) is 91.0 Å².